The Hall–Kier alpha value is -3.19. The Morgan fingerprint density at radius 2 is 1.44 bits per heavy atom. The van der Waals surface area contributed by atoms with Crippen molar-refractivity contribution in [3.8, 4) is 5.75 Å². The Labute approximate surface area is 201 Å². The number of amides is 3. The number of rotatable bonds is 4. The number of nitrogens with zero attached hydrogens (tertiary/aromatic N) is 2. The van der Waals surface area contributed by atoms with Crippen LogP contribution in [-0.4, -0.2) is 30.2 Å². The van der Waals surface area contributed by atoms with E-state index in [0.29, 0.717) is 34.0 Å². The molecule has 2 saturated carbocycles. The first-order valence-corrected chi connectivity index (χ1v) is 12.0. The molecule has 2 bridgehead atoms. The van der Waals surface area contributed by atoms with Crippen LogP contribution in [0, 0.1) is 29.6 Å². The molecule has 2 heterocycles. The van der Waals surface area contributed by atoms with Gasteiger partial charge in [0, 0.05) is 23.7 Å². The molecule has 2 aliphatic carbocycles. The summed E-state index contributed by atoms with van der Waals surface area (Å²) < 4.78 is 5.51. The number of imide groups is 1. The maximum absolute atomic E-state index is 13.0. The molecule has 0 aromatic heterocycles. The molecule has 4 aliphatic rings. The number of hydrogen-bond acceptors (Lipinski definition) is 5. The largest absolute Gasteiger partial charge is 0.426 e. The van der Waals surface area contributed by atoms with Crippen LogP contribution in [0.25, 0.3) is 0 Å². The number of esters is 1. The van der Waals surface area contributed by atoms with Gasteiger partial charge in [0.2, 0.25) is 17.7 Å². The van der Waals surface area contributed by atoms with Gasteiger partial charge in [0.25, 0.3) is 0 Å². The quantitative estimate of drug-likeness (QED) is 0.379. The summed E-state index contributed by atoms with van der Waals surface area (Å²) in [5, 5.41) is 0.572. The molecule has 0 spiro atoms. The number of benzene rings is 2. The van der Waals surface area contributed by atoms with Gasteiger partial charge in [-0.15, -0.1) is 0 Å². The highest BCUT2D eigenvalue weighted by Crippen LogP contribution is 2.56. The van der Waals surface area contributed by atoms with Gasteiger partial charge in [0.1, 0.15) is 5.75 Å². The van der Waals surface area contributed by atoms with Crippen LogP contribution in [0.15, 0.2) is 48.5 Å². The number of ether oxygens (including phenoxy) is 1. The van der Waals surface area contributed by atoms with E-state index in [1.165, 1.54) is 4.90 Å². The standard InChI is InChI=1S/C26H23ClN2O5/c27-17-3-5-18(6-4-17)28-13-16(12-21(28)30)26(33)34-20-9-7-19(8-10-20)29-24(31)22-14-1-2-15(11-14)23(22)25(29)32/h3-10,14-16,22-23H,1-2,11-13H2/t14-,15-,16-,22-,23+/m0/s1. The Bertz CT molecular complexity index is 1170. The smallest absolute Gasteiger partial charge is 0.316 e. The zero-order chi connectivity index (χ0) is 23.6. The number of carbonyl (C=O) groups excluding carboxylic acids is 4. The van der Waals surface area contributed by atoms with Gasteiger partial charge in [-0.25, -0.2) is 0 Å². The summed E-state index contributed by atoms with van der Waals surface area (Å²) >= 11 is 5.91. The van der Waals surface area contributed by atoms with Crippen molar-refractivity contribution in [2.45, 2.75) is 25.7 Å². The molecular formula is C26H23ClN2O5. The Kier molecular flexibility index (Phi) is 4.99. The molecule has 8 heteroatoms. The Morgan fingerprint density at radius 3 is 2.06 bits per heavy atom. The first-order chi connectivity index (χ1) is 16.4. The SMILES string of the molecule is O=C(Oc1ccc(N2C(=O)[C@@H]3[C@H]4CC[C@@H](C4)[C@@H]3C2=O)cc1)[C@H]1CC(=O)N(c2ccc(Cl)cc2)C1. The molecule has 174 valence electrons. The van der Waals surface area contributed by atoms with E-state index >= 15 is 0 Å². The van der Waals surface area contributed by atoms with E-state index < -0.39 is 11.9 Å². The molecule has 7 nitrogen and oxygen atoms in total. The molecule has 0 N–H and O–H groups in total. The Morgan fingerprint density at radius 1 is 0.853 bits per heavy atom. The lowest BCUT2D eigenvalue weighted by Gasteiger charge is -2.19. The molecule has 3 amide bonds. The molecule has 6 rings (SSSR count). The highest BCUT2D eigenvalue weighted by Gasteiger charge is 2.61. The lowest BCUT2D eigenvalue weighted by molar-refractivity contribution is -0.139. The zero-order valence-corrected chi connectivity index (χ0v) is 19.1. The fraction of sp³-hybridized carbons (Fsp3) is 0.385. The van der Waals surface area contributed by atoms with Crippen LogP contribution in [0.2, 0.25) is 5.02 Å². The third-order valence-electron chi connectivity index (χ3n) is 7.84. The fourth-order valence-corrected chi connectivity index (χ4v) is 6.39. The van der Waals surface area contributed by atoms with Crippen LogP contribution < -0.4 is 14.5 Å². The van der Waals surface area contributed by atoms with E-state index in [2.05, 4.69) is 0 Å². The van der Waals surface area contributed by atoms with Crippen molar-refractivity contribution in [1.82, 2.24) is 0 Å². The van der Waals surface area contributed by atoms with Crippen LogP contribution in [-0.2, 0) is 19.2 Å². The van der Waals surface area contributed by atoms with Crippen molar-refractivity contribution < 1.29 is 23.9 Å². The summed E-state index contributed by atoms with van der Waals surface area (Å²) in [5.74, 6) is -0.791. The predicted molar refractivity (Wildman–Crippen MR) is 124 cm³/mol. The van der Waals surface area contributed by atoms with Crippen LogP contribution >= 0.6 is 11.6 Å². The van der Waals surface area contributed by atoms with E-state index in [1.54, 1.807) is 53.4 Å². The van der Waals surface area contributed by atoms with E-state index in [1.807, 2.05) is 0 Å². The van der Waals surface area contributed by atoms with Crippen molar-refractivity contribution in [2.24, 2.45) is 29.6 Å². The molecule has 5 atom stereocenters. The second kappa shape index (κ2) is 7.94. The van der Waals surface area contributed by atoms with Crippen molar-refractivity contribution >= 4 is 46.7 Å². The minimum atomic E-state index is -0.584. The van der Waals surface area contributed by atoms with Crippen LogP contribution in [0.4, 0.5) is 11.4 Å². The molecule has 2 saturated heterocycles. The number of hydrogen-bond donors (Lipinski definition) is 0. The lowest BCUT2D eigenvalue weighted by atomic mass is 9.81. The highest BCUT2D eigenvalue weighted by molar-refractivity contribution is 6.30. The third kappa shape index (κ3) is 3.33. The minimum absolute atomic E-state index is 0.0709. The molecule has 0 radical (unpaired) electrons. The third-order valence-corrected chi connectivity index (χ3v) is 8.09. The van der Waals surface area contributed by atoms with Gasteiger partial charge >= 0.3 is 5.97 Å². The summed E-state index contributed by atoms with van der Waals surface area (Å²) in [6, 6.07) is 13.3. The minimum Gasteiger partial charge on any atom is -0.426 e. The number of halogens is 1. The fourth-order valence-electron chi connectivity index (χ4n) is 6.26. The summed E-state index contributed by atoms with van der Waals surface area (Å²) in [6.45, 7) is 0.235. The van der Waals surface area contributed by atoms with Gasteiger partial charge in [-0.05, 0) is 79.6 Å². The van der Waals surface area contributed by atoms with Crippen molar-refractivity contribution in [2.75, 3.05) is 16.3 Å². The molecule has 34 heavy (non-hydrogen) atoms. The average Bonchev–Trinajstić information content (AvgIpc) is 3.59. The van der Waals surface area contributed by atoms with Gasteiger partial charge in [-0.1, -0.05) is 11.6 Å². The van der Waals surface area contributed by atoms with Crippen molar-refractivity contribution in [3.05, 3.63) is 53.6 Å². The summed E-state index contributed by atoms with van der Waals surface area (Å²) in [4.78, 5) is 54.0. The highest BCUT2D eigenvalue weighted by atomic mass is 35.5. The van der Waals surface area contributed by atoms with Crippen LogP contribution in [0.1, 0.15) is 25.7 Å². The Balaban J connectivity index is 1.12. The van der Waals surface area contributed by atoms with Gasteiger partial charge in [-0.3, -0.25) is 24.1 Å². The molecule has 2 aliphatic heterocycles. The van der Waals surface area contributed by atoms with E-state index in [4.69, 9.17) is 16.3 Å². The molecule has 0 unspecified atom stereocenters. The molecule has 4 fully saturated rings. The second-order valence-corrected chi connectivity index (χ2v) is 10.1. The normalized spacial score (nSPS) is 29.8. The van der Waals surface area contributed by atoms with Crippen LogP contribution in [0.5, 0.6) is 5.75 Å². The molecular weight excluding hydrogens is 456 g/mol. The van der Waals surface area contributed by atoms with Crippen molar-refractivity contribution in [1.29, 1.82) is 0 Å². The van der Waals surface area contributed by atoms with Gasteiger partial charge in [-0.2, -0.15) is 0 Å². The molecule has 2 aromatic carbocycles. The van der Waals surface area contributed by atoms with Gasteiger partial charge in [0.05, 0.1) is 23.4 Å². The maximum atomic E-state index is 13.0. The first kappa shape index (κ1) is 21.4. The van der Waals surface area contributed by atoms with Gasteiger partial charge in [0.15, 0.2) is 0 Å². The summed E-state index contributed by atoms with van der Waals surface area (Å²) in [7, 11) is 0. The van der Waals surface area contributed by atoms with Gasteiger partial charge < -0.3 is 9.64 Å². The van der Waals surface area contributed by atoms with E-state index in [-0.39, 0.29) is 42.5 Å². The van der Waals surface area contributed by atoms with E-state index in [9.17, 15) is 19.2 Å². The van der Waals surface area contributed by atoms with Crippen molar-refractivity contribution in [3.63, 3.8) is 0 Å². The molecule has 2 aromatic rings. The average molecular weight is 479 g/mol. The topological polar surface area (TPSA) is 84.0 Å². The van der Waals surface area contributed by atoms with Crippen LogP contribution in [0.3, 0.4) is 0 Å². The zero-order valence-electron chi connectivity index (χ0n) is 18.4. The lowest BCUT2D eigenvalue weighted by Crippen LogP contribution is -2.32. The number of anilines is 2. The first-order valence-electron chi connectivity index (χ1n) is 11.7. The predicted octanol–water partition coefficient (Wildman–Crippen LogP) is 3.83. The number of fused-ring (bicyclic) bond motifs is 5. The maximum Gasteiger partial charge on any atom is 0.316 e. The monoisotopic (exact) mass is 478 g/mol. The van der Waals surface area contributed by atoms with E-state index in [0.717, 1.165) is 19.3 Å². The summed E-state index contributed by atoms with van der Waals surface area (Å²) in [6.07, 6.45) is 3.13. The number of carbonyl (C=O) groups is 4. The second-order valence-electron chi connectivity index (χ2n) is 9.69. The summed E-state index contributed by atoms with van der Waals surface area (Å²) in [5.41, 5.74) is 1.20.